The Morgan fingerprint density at radius 3 is 2.81 bits per heavy atom. The largest absolute Gasteiger partial charge is 0.352 e. The smallest absolute Gasteiger partial charge is 0.246 e. The fraction of sp³-hybridized carbons (Fsp3) is 0.667. The van der Waals surface area contributed by atoms with Crippen LogP contribution in [0.2, 0.25) is 0 Å². The fourth-order valence-electron chi connectivity index (χ4n) is 8.18. The van der Waals surface area contributed by atoms with E-state index < -0.39 is 0 Å². The second-order valence-corrected chi connectivity index (χ2v) is 11.3. The molecule has 0 radical (unpaired) electrons. The van der Waals surface area contributed by atoms with Gasteiger partial charge in [-0.2, -0.15) is 0 Å². The van der Waals surface area contributed by atoms with Crippen LogP contribution in [0.15, 0.2) is 36.7 Å². The van der Waals surface area contributed by atoms with E-state index in [9.17, 15) is 9.59 Å². The zero-order valence-corrected chi connectivity index (χ0v) is 19.7. The molecular formula is C27H37N3O2. The zero-order valence-electron chi connectivity index (χ0n) is 19.7. The third-order valence-electron chi connectivity index (χ3n) is 9.97. The third kappa shape index (κ3) is 3.39. The maximum atomic E-state index is 12.8. The Hall–Kier alpha value is -2.17. The molecular weight excluding hydrogens is 398 g/mol. The number of hydrogen-bond donors (Lipinski definition) is 1. The number of likely N-dealkylation sites (N-methyl/N-ethyl adjacent to an activating group) is 1. The van der Waals surface area contributed by atoms with Crippen LogP contribution in [0, 0.1) is 34.5 Å². The van der Waals surface area contributed by atoms with E-state index in [1.807, 2.05) is 36.4 Å². The summed E-state index contributed by atoms with van der Waals surface area (Å²) in [7, 11) is 1.98. The zero-order chi connectivity index (χ0) is 22.5. The molecule has 1 aromatic rings. The van der Waals surface area contributed by atoms with Gasteiger partial charge in [0.15, 0.2) is 0 Å². The Morgan fingerprint density at radius 2 is 2.03 bits per heavy atom. The predicted molar refractivity (Wildman–Crippen MR) is 124 cm³/mol. The topological polar surface area (TPSA) is 62.3 Å². The first kappa shape index (κ1) is 21.7. The number of nitrogens with zero attached hydrogens (tertiary/aromatic N) is 2. The van der Waals surface area contributed by atoms with Crippen LogP contribution >= 0.6 is 0 Å². The summed E-state index contributed by atoms with van der Waals surface area (Å²) in [5.74, 6) is 2.86. The highest BCUT2D eigenvalue weighted by molar-refractivity contribution is 5.89. The van der Waals surface area contributed by atoms with Crippen molar-refractivity contribution in [1.29, 1.82) is 0 Å². The summed E-state index contributed by atoms with van der Waals surface area (Å²) in [6, 6.07) is 4.25. The number of rotatable bonds is 4. The molecule has 4 aliphatic rings. The standard InChI is InChI=1S/C27H37N3O2/c1-26-12-10-22-20(7-9-23-27(22,2)13-11-25(32)30(23)3)21(26)8-6-19(26)15-24(31)29-17-18-5-4-14-28-16-18/h4-5,11,13-14,16,19-23H,6-10,12,15,17H2,1-3H3,(H,29,31)/t19-,20?,21?,22?,23?,26-,27-/m1/s1. The van der Waals surface area contributed by atoms with Crippen LogP contribution in [0.3, 0.4) is 0 Å². The lowest BCUT2D eigenvalue weighted by Crippen LogP contribution is -2.59. The van der Waals surface area contributed by atoms with Crippen molar-refractivity contribution in [2.24, 2.45) is 34.5 Å². The molecule has 3 fully saturated rings. The number of pyridine rings is 1. The first-order valence-corrected chi connectivity index (χ1v) is 12.4. The minimum atomic E-state index is 0.0894. The minimum Gasteiger partial charge on any atom is -0.352 e. The molecule has 0 saturated heterocycles. The Morgan fingerprint density at radius 1 is 1.19 bits per heavy atom. The summed E-state index contributed by atoms with van der Waals surface area (Å²) in [6.45, 7) is 5.43. The molecule has 172 valence electrons. The lowest BCUT2D eigenvalue weighted by molar-refractivity contribution is -0.139. The average Bonchev–Trinajstić information content (AvgIpc) is 3.12. The summed E-state index contributed by atoms with van der Waals surface area (Å²) < 4.78 is 0. The number of aromatic nitrogens is 1. The van der Waals surface area contributed by atoms with Gasteiger partial charge in [0.05, 0.1) is 0 Å². The van der Waals surface area contributed by atoms with E-state index in [4.69, 9.17) is 0 Å². The molecule has 32 heavy (non-hydrogen) atoms. The molecule has 5 rings (SSSR count). The first-order valence-electron chi connectivity index (χ1n) is 12.4. The fourth-order valence-corrected chi connectivity index (χ4v) is 8.18. The molecule has 0 aromatic carbocycles. The van der Waals surface area contributed by atoms with Gasteiger partial charge in [0.25, 0.3) is 0 Å². The predicted octanol–water partition coefficient (Wildman–Crippen LogP) is 4.34. The van der Waals surface area contributed by atoms with E-state index in [1.54, 1.807) is 6.20 Å². The van der Waals surface area contributed by atoms with Gasteiger partial charge >= 0.3 is 0 Å². The van der Waals surface area contributed by atoms with Gasteiger partial charge in [-0.1, -0.05) is 26.0 Å². The monoisotopic (exact) mass is 435 g/mol. The lowest BCUT2D eigenvalue weighted by Gasteiger charge is -2.60. The second kappa shape index (κ2) is 8.00. The van der Waals surface area contributed by atoms with Crippen LogP contribution in [0.1, 0.15) is 64.4 Å². The van der Waals surface area contributed by atoms with Gasteiger partial charge in [-0.25, -0.2) is 0 Å². The molecule has 1 N–H and O–H groups in total. The van der Waals surface area contributed by atoms with Crippen molar-refractivity contribution in [1.82, 2.24) is 15.2 Å². The molecule has 7 atom stereocenters. The van der Waals surface area contributed by atoms with Gasteiger partial charge in [0.1, 0.15) is 0 Å². The van der Waals surface area contributed by atoms with Crippen molar-refractivity contribution in [2.75, 3.05) is 7.05 Å². The molecule has 3 saturated carbocycles. The van der Waals surface area contributed by atoms with Crippen LogP contribution in [0.25, 0.3) is 0 Å². The van der Waals surface area contributed by atoms with Crippen LogP contribution in [-0.2, 0) is 16.1 Å². The van der Waals surface area contributed by atoms with E-state index in [0.717, 1.165) is 12.0 Å². The Kier molecular flexibility index (Phi) is 5.42. The van der Waals surface area contributed by atoms with Gasteiger partial charge in [0.2, 0.25) is 11.8 Å². The molecule has 2 amide bonds. The number of carbonyl (C=O) groups is 2. The van der Waals surface area contributed by atoms with Gasteiger partial charge < -0.3 is 10.2 Å². The van der Waals surface area contributed by atoms with Crippen molar-refractivity contribution in [3.8, 4) is 0 Å². The van der Waals surface area contributed by atoms with Crippen molar-refractivity contribution < 1.29 is 9.59 Å². The normalized spacial score (nSPS) is 40.4. The summed E-state index contributed by atoms with van der Waals surface area (Å²) in [5, 5.41) is 3.12. The number of hydrogen-bond acceptors (Lipinski definition) is 3. The SMILES string of the molecule is CN1C(=O)C=C[C@]2(C)C3CC[C@@]4(C)C(CC[C@@H]4CC(=O)NCc4cccnc4)C3CCC12. The average molecular weight is 436 g/mol. The Balaban J connectivity index is 1.27. The van der Waals surface area contributed by atoms with Crippen LogP contribution in [0.5, 0.6) is 0 Å². The number of amides is 2. The molecule has 1 aliphatic heterocycles. The number of fused-ring (bicyclic) bond motifs is 5. The maximum Gasteiger partial charge on any atom is 0.246 e. The lowest BCUT2D eigenvalue weighted by atomic mass is 9.47. The van der Waals surface area contributed by atoms with E-state index in [2.05, 4.69) is 30.2 Å². The van der Waals surface area contributed by atoms with Gasteiger partial charge in [-0.15, -0.1) is 0 Å². The molecule has 5 heteroatoms. The number of nitrogens with one attached hydrogen (secondary N) is 1. The third-order valence-corrected chi connectivity index (χ3v) is 9.97. The molecule has 1 aromatic heterocycles. The van der Waals surface area contributed by atoms with Crippen molar-refractivity contribution in [3.63, 3.8) is 0 Å². The maximum absolute atomic E-state index is 12.8. The molecule has 0 bridgehead atoms. The van der Waals surface area contributed by atoms with Crippen LogP contribution in [-0.4, -0.2) is 34.8 Å². The van der Waals surface area contributed by atoms with E-state index >= 15 is 0 Å². The van der Waals surface area contributed by atoms with Crippen molar-refractivity contribution in [2.45, 2.75) is 71.4 Å². The minimum absolute atomic E-state index is 0.0894. The molecule has 5 nitrogen and oxygen atoms in total. The van der Waals surface area contributed by atoms with Gasteiger partial charge in [0, 0.05) is 43.9 Å². The Bertz CT molecular complexity index is 915. The van der Waals surface area contributed by atoms with Crippen LogP contribution < -0.4 is 5.32 Å². The number of carbonyl (C=O) groups excluding carboxylic acids is 2. The van der Waals surface area contributed by atoms with E-state index in [0.29, 0.717) is 42.7 Å². The van der Waals surface area contributed by atoms with E-state index in [-0.39, 0.29) is 22.6 Å². The highest BCUT2D eigenvalue weighted by atomic mass is 16.2. The summed E-state index contributed by atoms with van der Waals surface area (Å²) in [6.07, 6.45) is 15.4. The van der Waals surface area contributed by atoms with E-state index in [1.165, 1.54) is 32.1 Å². The highest BCUT2D eigenvalue weighted by Crippen LogP contribution is 2.65. The molecule has 3 aliphatic carbocycles. The second-order valence-electron chi connectivity index (χ2n) is 11.3. The molecule has 2 heterocycles. The van der Waals surface area contributed by atoms with Gasteiger partial charge in [-0.3, -0.25) is 14.6 Å². The first-order chi connectivity index (χ1) is 15.3. The van der Waals surface area contributed by atoms with Crippen molar-refractivity contribution >= 4 is 11.8 Å². The summed E-state index contributed by atoms with van der Waals surface area (Å²) in [4.78, 5) is 31.2. The Labute approximate surface area is 192 Å². The van der Waals surface area contributed by atoms with Gasteiger partial charge in [-0.05, 0) is 85.3 Å². The summed E-state index contributed by atoms with van der Waals surface area (Å²) in [5.41, 5.74) is 1.40. The summed E-state index contributed by atoms with van der Waals surface area (Å²) >= 11 is 0. The van der Waals surface area contributed by atoms with Crippen LogP contribution in [0.4, 0.5) is 0 Å². The molecule has 4 unspecified atom stereocenters. The van der Waals surface area contributed by atoms with Crippen molar-refractivity contribution in [3.05, 3.63) is 42.2 Å². The highest BCUT2D eigenvalue weighted by Gasteiger charge is 2.60. The molecule has 0 spiro atoms. The quantitative estimate of drug-likeness (QED) is 0.765.